The standard InChI is InChI=1S/C24H28N4OS/c29-23(27-15-13-26(14-16-27)17-19-7-2-1-3-8-19)18-28-12-6-10-21(28)24-25-20-9-4-5-11-22(20)30-24/h1-5,7-9,11,21H,6,10,12-18H2. The van der Waals surface area contributed by atoms with Crippen LogP contribution in [0.1, 0.15) is 29.5 Å². The Bertz CT molecular complexity index is 964. The molecule has 0 bridgehead atoms. The van der Waals surface area contributed by atoms with Crippen molar-refractivity contribution in [1.82, 2.24) is 19.7 Å². The van der Waals surface area contributed by atoms with Gasteiger partial charge < -0.3 is 4.90 Å². The second kappa shape index (κ2) is 8.84. The highest BCUT2D eigenvalue weighted by atomic mass is 32.1. The van der Waals surface area contributed by atoms with E-state index in [-0.39, 0.29) is 11.9 Å². The van der Waals surface area contributed by atoms with Crippen LogP contribution in [0.25, 0.3) is 10.2 Å². The molecule has 2 aliphatic heterocycles. The quantitative estimate of drug-likeness (QED) is 0.630. The van der Waals surface area contributed by atoms with Crippen molar-refractivity contribution in [3.8, 4) is 0 Å². The van der Waals surface area contributed by atoms with E-state index in [0.717, 1.165) is 62.6 Å². The van der Waals surface area contributed by atoms with Crippen molar-refractivity contribution in [1.29, 1.82) is 0 Å². The van der Waals surface area contributed by atoms with Crippen LogP contribution in [0.5, 0.6) is 0 Å². The molecule has 5 nitrogen and oxygen atoms in total. The van der Waals surface area contributed by atoms with Crippen LogP contribution in [0.3, 0.4) is 0 Å². The van der Waals surface area contributed by atoms with E-state index in [4.69, 9.17) is 4.98 Å². The Morgan fingerprint density at radius 1 is 0.967 bits per heavy atom. The van der Waals surface area contributed by atoms with Gasteiger partial charge in [0.05, 0.1) is 22.8 Å². The fraction of sp³-hybridized carbons (Fsp3) is 0.417. The maximum atomic E-state index is 13.0. The van der Waals surface area contributed by atoms with E-state index < -0.39 is 0 Å². The third-order valence-electron chi connectivity index (χ3n) is 6.27. The molecule has 1 unspecified atom stereocenters. The van der Waals surface area contributed by atoms with Crippen molar-refractivity contribution in [2.45, 2.75) is 25.4 Å². The lowest BCUT2D eigenvalue weighted by Crippen LogP contribution is -2.50. The van der Waals surface area contributed by atoms with Gasteiger partial charge in [-0.15, -0.1) is 11.3 Å². The highest BCUT2D eigenvalue weighted by Crippen LogP contribution is 2.36. The lowest BCUT2D eigenvalue weighted by molar-refractivity contribution is -0.134. The Hall–Kier alpha value is -2.28. The molecule has 156 valence electrons. The molecular formula is C24H28N4OS. The van der Waals surface area contributed by atoms with Gasteiger partial charge in [0.25, 0.3) is 0 Å². The van der Waals surface area contributed by atoms with Gasteiger partial charge in [-0.3, -0.25) is 14.6 Å². The van der Waals surface area contributed by atoms with Crippen LogP contribution in [0.15, 0.2) is 54.6 Å². The highest BCUT2D eigenvalue weighted by Gasteiger charge is 2.32. The van der Waals surface area contributed by atoms with E-state index in [1.54, 1.807) is 11.3 Å². The number of carbonyl (C=O) groups excluding carboxylic acids is 1. The van der Waals surface area contributed by atoms with E-state index in [1.165, 1.54) is 10.3 Å². The smallest absolute Gasteiger partial charge is 0.236 e. The number of para-hydroxylation sites is 1. The molecule has 5 rings (SSSR count). The van der Waals surface area contributed by atoms with Crippen LogP contribution in [-0.2, 0) is 11.3 Å². The topological polar surface area (TPSA) is 39.7 Å². The van der Waals surface area contributed by atoms with Crippen molar-refractivity contribution in [3.05, 3.63) is 65.2 Å². The summed E-state index contributed by atoms with van der Waals surface area (Å²) in [5.74, 6) is 0.266. The van der Waals surface area contributed by atoms with Crippen molar-refractivity contribution in [2.75, 3.05) is 39.3 Å². The molecule has 2 fully saturated rings. The highest BCUT2D eigenvalue weighted by molar-refractivity contribution is 7.18. The molecule has 3 heterocycles. The number of piperazine rings is 1. The molecule has 1 aromatic heterocycles. The predicted octanol–water partition coefficient (Wildman–Crippen LogP) is 3.78. The first kappa shape index (κ1) is 19.7. The van der Waals surface area contributed by atoms with Gasteiger partial charge in [-0.1, -0.05) is 42.5 Å². The number of benzene rings is 2. The number of hydrogen-bond acceptors (Lipinski definition) is 5. The fourth-order valence-corrected chi connectivity index (χ4v) is 5.74. The Labute approximate surface area is 181 Å². The van der Waals surface area contributed by atoms with Crippen LogP contribution in [-0.4, -0.2) is 64.9 Å². The number of likely N-dealkylation sites (tertiary alicyclic amines) is 1. The summed E-state index contributed by atoms with van der Waals surface area (Å²) in [5.41, 5.74) is 2.42. The summed E-state index contributed by atoms with van der Waals surface area (Å²) in [6.45, 7) is 6.01. The van der Waals surface area contributed by atoms with Crippen LogP contribution < -0.4 is 0 Å². The summed E-state index contributed by atoms with van der Waals surface area (Å²) in [5, 5.41) is 1.16. The SMILES string of the molecule is O=C(CN1CCCC1c1nc2ccccc2s1)N1CCN(Cc2ccccc2)CC1. The van der Waals surface area contributed by atoms with Crippen molar-refractivity contribution in [2.24, 2.45) is 0 Å². The van der Waals surface area contributed by atoms with Gasteiger partial charge in [-0.25, -0.2) is 4.98 Å². The van der Waals surface area contributed by atoms with Crippen molar-refractivity contribution in [3.63, 3.8) is 0 Å². The first-order valence-electron chi connectivity index (χ1n) is 10.9. The van der Waals surface area contributed by atoms with Gasteiger partial charge in [0.1, 0.15) is 5.01 Å². The second-order valence-electron chi connectivity index (χ2n) is 8.29. The molecule has 2 aromatic carbocycles. The lowest BCUT2D eigenvalue weighted by atomic mass is 10.2. The Kier molecular flexibility index (Phi) is 5.79. The summed E-state index contributed by atoms with van der Waals surface area (Å²) < 4.78 is 1.24. The molecule has 30 heavy (non-hydrogen) atoms. The summed E-state index contributed by atoms with van der Waals surface area (Å²) in [6.07, 6.45) is 2.23. The van der Waals surface area contributed by atoms with Gasteiger partial charge in [0.2, 0.25) is 5.91 Å². The van der Waals surface area contributed by atoms with E-state index in [9.17, 15) is 4.79 Å². The number of hydrogen-bond donors (Lipinski definition) is 0. The van der Waals surface area contributed by atoms with Crippen LogP contribution in [0.4, 0.5) is 0 Å². The van der Waals surface area contributed by atoms with Crippen molar-refractivity contribution >= 4 is 27.5 Å². The molecule has 0 aliphatic carbocycles. The zero-order valence-corrected chi connectivity index (χ0v) is 18.1. The first-order chi connectivity index (χ1) is 14.8. The van der Waals surface area contributed by atoms with Gasteiger partial charge in [0.15, 0.2) is 0 Å². The number of carbonyl (C=O) groups is 1. The number of nitrogens with zero attached hydrogens (tertiary/aromatic N) is 4. The monoisotopic (exact) mass is 420 g/mol. The second-order valence-corrected chi connectivity index (χ2v) is 9.35. The number of rotatable bonds is 5. The summed E-state index contributed by atoms with van der Waals surface area (Å²) in [4.78, 5) is 24.7. The van der Waals surface area contributed by atoms with Gasteiger partial charge in [0, 0.05) is 32.7 Å². The Morgan fingerprint density at radius 3 is 2.53 bits per heavy atom. The number of thiazole rings is 1. The molecule has 3 aromatic rings. The molecule has 1 atom stereocenters. The normalized spacial score (nSPS) is 20.8. The predicted molar refractivity (Wildman–Crippen MR) is 121 cm³/mol. The summed E-state index contributed by atoms with van der Waals surface area (Å²) in [7, 11) is 0. The number of aromatic nitrogens is 1. The molecule has 2 saturated heterocycles. The van der Waals surface area contributed by atoms with E-state index in [1.807, 2.05) is 6.07 Å². The third kappa shape index (κ3) is 4.26. The molecule has 0 saturated carbocycles. The lowest BCUT2D eigenvalue weighted by Gasteiger charge is -2.36. The minimum atomic E-state index is 0.266. The maximum Gasteiger partial charge on any atom is 0.236 e. The molecule has 0 spiro atoms. The minimum absolute atomic E-state index is 0.266. The van der Waals surface area contributed by atoms with Crippen molar-refractivity contribution < 1.29 is 4.79 Å². The van der Waals surface area contributed by atoms with E-state index in [2.05, 4.69) is 63.2 Å². The van der Waals surface area contributed by atoms with Crippen LogP contribution in [0.2, 0.25) is 0 Å². The van der Waals surface area contributed by atoms with Crippen LogP contribution in [0, 0.1) is 0 Å². The maximum absolute atomic E-state index is 13.0. The average molecular weight is 421 g/mol. The fourth-order valence-electron chi connectivity index (χ4n) is 4.60. The third-order valence-corrected chi connectivity index (χ3v) is 7.41. The molecule has 6 heteroatoms. The minimum Gasteiger partial charge on any atom is -0.339 e. The largest absolute Gasteiger partial charge is 0.339 e. The van der Waals surface area contributed by atoms with Crippen LogP contribution >= 0.6 is 11.3 Å². The average Bonchev–Trinajstić information content (AvgIpc) is 3.41. The molecule has 0 radical (unpaired) electrons. The first-order valence-corrected chi connectivity index (χ1v) is 11.7. The Morgan fingerprint density at radius 2 is 1.73 bits per heavy atom. The van der Waals surface area contributed by atoms with Gasteiger partial charge >= 0.3 is 0 Å². The van der Waals surface area contributed by atoms with E-state index >= 15 is 0 Å². The Balaban J connectivity index is 1.17. The number of fused-ring (bicyclic) bond motifs is 1. The van der Waals surface area contributed by atoms with Gasteiger partial charge in [-0.05, 0) is 37.1 Å². The molecule has 0 N–H and O–H groups in total. The van der Waals surface area contributed by atoms with E-state index in [0.29, 0.717) is 6.54 Å². The molecule has 2 aliphatic rings. The summed E-state index contributed by atoms with van der Waals surface area (Å²) >= 11 is 1.78. The zero-order valence-electron chi connectivity index (χ0n) is 17.2. The molecular weight excluding hydrogens is 392 g/mol. The zero-order chi connectivity index (χ0) is 20.3. The number of amides is 1. The summed E-state index contributed by atoms with van der Waals surface area (Å²) in [6, 6.07) is 19.2. The van der Waals surface area contributed by atoms with Gasteiger partial charge in [-0.2, -0.15) is 0 Å². The molecule has 1 amide bonds.